The minimum absolute atomic E-state index is 0.0907. The predicted octanol–water partition coefficient (Wildman–Crippen LogP) is 2.67. The predicted molar refractivity (Wildman–Crippen MR) is 144 cm³/mol. The Kier molecular flexibility index (Phi) is 9.21. The third-order valence-corrected chi connectivity index (χ3v) is 7.42. The van der Waals surface area contributed by atoms with Crippen LogP contribution in [-0.2, 0) is 32.3 Å². The molecule has 16 nitrogen and oxygen atoms in total. The number of aliphatic carboxylic acids is 1. The van der Waals surface area contributed by atoms with Gasteiger partial charge in [0.1, 0.15) is 25.0 Å². The van der Waals surface area contributed by atoms with Gasteiger partial charge in [-0.2, -0.15) is 0 Å². The van der Waals surface area contributed by atoms with Gasteiger partial charge in [0.05, 0.1) is 21.5 Å². The number of non-ortho nitro benzene ring substituents is 1. The topological polar surface area (TPSA) is 221 Å². The number of nitro benzene ring substituents is 2. The lowest BCUT2D eigenvalue weighted by molar-refractivity contribution is -0.385. The van der Waals surface area contributed by atoms with Gasteiger partial charge in [-0.1, -0.05) is 12.1 Å². The summed E-state index contributed by atoms with van der Waals surface area (Å²) in [5.41, 5.74) is 0.192. The van der Waals surface area contributed by atoms with Crippen LogP contribution in [0.15, 0.2) is 59.1 Å². The summed E-state index contributed by atoms with van der Waals surface area (Å²) in [6, 6.07) is 9.53. The second kappa shape index (κ2) is 13.0. The largest absolute Gasteiger partial charge is 0.477 e. The van der Waals surface area contributed by atoms with Crippen LogP contribution in [0.2, 0.25) is 0 Å². The summed E-state index contributed by atoms with van der Waals surface area (Å²) < 4.78 is 10.1. The molecule has 0 aliphatic carbocycles. The number of carbonyl (C=O) groups excluding carboxylic acids is 3. The number of thioether (sulfide) groups is 1. The SMILES string of the molecule is O=C(NCCSC1=C(C(=O)O)N2C(=O)C(NC(=O)OCc3ccccc3[N+](=O)[O-])C2C1)OCc1ccc([N+](=O)[O-])cc1. The zero-order valence-corrected chi connectivity index (χ0v) is 22.4. The number of benzene rings is 2. The van der Waals surface area contributed by atoms with E-state index in [1.54, 1.807) is 6.07 Å². The number of nitro groups is 2. The van der Waals surface area contributed by atoms with Crippen LogP contribution in [0.3, 0.4) is 0 Å². The van der Waals surface area contributed by atoms with Crippen LogP contribution >= 0.6 is 11.8 Å². The number of hydrogen-bond acceptors (Lipinski definition) is 11. The molecule has 2 heterocycles. The van der Waals surface area contributed by atoms with Gasteiger partial charge in [0.2, 0.25) is 0 Å². The molecule has 2 atom stereocenters. The number of amides is 3. The molecule has 4 rings (SSSR count). The van der Waals surface area contributed by atoms with Crippen molar-refractivity contribution < 1.29 is 43.6 Å². The first kappa shape index (κ1) is 29.8. The van der Waals surface area contributed by atoms with Crippen LogP contribution < -0.4 is 10.6 Å². The van der Waals surface area contributed by atoms with Crippen LogP contribution in [0.1, 0.15) is 17.5 Å². The second-order valence-electron chi connectivity index (χ2n) is 8.92. The molecule has 1 fully saturated rings. The molecule has 0 aromatic heterocycles. The van der Waals surface area contributed by atoms with Gasteiger partial charge in [-0.25, -0.2) is 14.4 Å². The highest BCUT2D eigenvalue weighted by molar-refractivity contribution is 8.03. The first-order valence-electron chi connectivity index (χ1n) is 12.3. The molecule has 17 heteroatoms. The van der Waals surface area contributed by atoms with Gasteiger partial charge in [0, 0.05) is 41.8 Å². The summed E-state index contributed by atoms with van der Waals surface area (Å²) in [6.45, 7) is -0.400. The highest BCUT2D eigenvalue weighted by atomic mass is 32.2. The molecular weight excluding hydrogens is 578 g/mol. The Morgan fingerprint density at radius 1 is 1.00 bits per heavy atom. The number of carbonyl (C=O) groups is 4. The molecule has 0 saturated carbocycles. The Morgan fingerprint density at radius 3 is 2.36 bits per heavy atom. The number of para-hydroxylation sites is 1. The van der Waals surface area contributed by atoms with Crippen LogP contribution in [0, 0.1) is 20.2 Å². The van der Waals surface area contributed by atoms with E-state index in [0.29, 0.717) is 10.5 Å². The van der Waals surface area contributed by atoms with E-state index in [0.717, 1.165) is 16.7 Å². The fourth-order valence-corrected chi connectivity index (χ4v) is 5.38. The summed E-state index contributed by atoms with van der Waals surface area (Å²) in [7, 11) is 0. The molecule has 3 N–H and O–H groups in total. The number of nitrogens with one attached hydrogen (secondary N) is 2. The van der Waals surface area contributed by atoms with Crippen molar-refractivity contribution in [1.29, 1.82) is 0 Å². The van der Waals surface area contributed by atoms with Crippen molar-refractivity contribution in [3.05, 3.63) is 90.5 Å². The van der Waals surface area contributed by atoms with Gasteiger partial charge in [0.25, 0.3) is 17.3 Å². The van der Waals surface area contributed by atoms with Crippen LogP contribution in [-0.4, -0.2) is 68.3 Å². The Bertz CT molecular complexity index is 1460. The van der Waals surface area contributed by atoms with Crippen molar-refractivity contribution in [3.63, 3.8) is 0 Å². The molecule has 42 heavy (non-hydrogen) atoms. The zero-order chi connectivity index (χ0) is 30.4. The third-order valence-electron chi connectivity index (χ3n) is 6.31. The number of β-lactam (4-membered cyclic amide) rings is 1. The monoisotopic (exact) mass is 601 g/mol. The number of carboxylic acids is 1. The van der Waals surface area contributed by atoms with Crippen molar-refractivity contribution in [2.75, 3.05) is 12.3 Å². The Balaban J connectivity index is 1.23. The highest BCUT2D eigenvalue weighted by Crippen LogP contribution is 2.43. The summed E-state index contributed by atoms with van der Waals surface area (Å²) >= 11 is 1.13. The minimum atomic E-state index is -1.32. The van der Waals surface area contributed by atoms with E-state index in [4.69, 9.17) is 9.47 Å². The van der Waals surface area contributed by atoms with Crippen LogP contribution in [0.5, 0.6) is 0 Å². The van der Waals surface area contributed by atoms with Crippen molar-refractivity contribution in [3.8, 4) is 0 Å². The zero-order valence-electron chi connectivity index (χ0n) is 21.6. The van der Waals surface area contributed by atoms with E-state index < -0.39 is 52.6 Å². The number of fused-ring (bicyclic) bond motifs is 1. The van der Waals surface area contributed by atoms with E-state index in [-0.39, 0.29) is 48.0 Å². The van der Waals surface area contributed by atoms with Gasteiger partial charge >= 0.3 is 18.2 Å². The number of rotatable bonds is 12. The molecule has 0 bridgehead atoms. The van der Waals surface area contributed by atoms with Crippen molar-refractivity contribution in [2.45, 2.75) is 31.7 Å². The molecule has 220 valence electrons. The maximum Gasteiger partial charge on any atom is 0.408 e. The van der Waals surface area contributed by atoms with Gasteiger partial charge in [0.15, 0.2) is 0 Å². The maximum absolute atomic E-state index is 12.7. The van der Waals surface area contributed by atoms with Gasteiger partial charge < -0.3 is 25.2 Å². The minimum Gasteiger partial charge on any atom is -0.477 e. The Morgan fingerprint density at radius 2 is 1.69 bits per heavy atom. The lowest BCUT2D eigenvalue weighted by atomic mass is 9.95. The number of hydrogen-bond donors (Lipinski definition) is 3. The van der Waals surface area contributed by atoms with Crippen molar-refractivity contribution >= 4 is 47.2 Å². The third kappa shape index (κ3) is 6.74. The quantitative estimate of drug-likeness (QED) is 0.138. The van der Waals surface area contributed by atoms with Crippen LogP contribution in [0.4, 0.5) is 21.0 Å². The first-order valence-corrected chi connectivity index (χ1v) is 13.3. The van der Waals surface area contributed by atoms with Gasteiger partial charge in [-0.15, -0.1) is 11.8 Å². The van der Waals surface area contributed by atoms with Gasteiger partial charge in [-0.3, -0.25) is 29.9 Å². The normalized spacial score (nSPS) is 17.1. The van der Waals surface area contributed by atoms with E-state index in [2.05, 4.69) is 10.6 Å². The maximum atomic E-state index is 12.7. The van der Waals surface area contributed by atoms with E-state index in [1.807, 2.05) is 0 Å². The van der Waals surface area contributed by atoms with Gasteiger partial charge in [-0.05, 0) is 23.8 Å². The second-order valence-corrected chi connectivity index (χ2v) is 10.1. The molecular formula is C25H23N5O11S. The number of ether oxygens (including phenoxy) is 2. The highest BCUT2D eigenvalue weighted by Gasteiger charge is 2.56. The van der Waals surface area contributed by atoms with E-state index >= 15 is 0 Å². The number of nitrogens with zero attached hydrogens (tertiary/aromatic N) is 3. The molecule has 2 aliphatic rings. The van der Waals surface area contributed by atoms with Crippen LogP contribution in [0.25, 0.3) is 0 Å². The first-order chi connectivity index (χ1) is 20.1. The number of carboxylic acid groups (broad SMARTS) is 1. The summed E-state index contributed by atoms with van der Waals surface area (Å²) in [4.78, 5) is 71.0. The molecule has 2 aromatic rings. The average Bonchev–Trinajstić information content (AvgIpc) is 3.31. The molecule has 2 unspecified atom stereocenters. The van der Waals surface area contributed by atoms with Crippen molar-refractivity contribution in [1.82, 2.24) is 15.5 Å². The number of alkyl carbamates (subject to hydrolysis) is 2. The summed E-state index contributed by atoms with van der Waals surface area (Å²) in [5.74, 6) is -1.70. The van der Waals surface area contributed by atoms with Crippen molar-refractivity contribution in [2.24, 2.45) is 0 Å². The molecule has 0 spiro atoms. The molecule has 1 saturated heterocycles. The lowest BCUT2D eigenvalue weighted by Gasteiger charge is -2.42. The molecule has 3 amide bonds. The Labute approximate surface area is 240 Å². The van der Waals surface area contributed by atoms with E-state index in [9.17, 15) is 44.5 Å². The summed E-state index contributed by atoms with van der Waals surface area (Å²) in [5, 5.41) is 36.4. The average molecular weight is 602 g/mol. The lowest BCUT2D eigenvalue weighted by Crippen LogP contribution is -2.68. The molecule has 2 aromatic carbocycles. The van der Waals surface area contributed by atoms with E-state index in [1.165, 1.54) is 42.5 Å². The Hall–Kier alpha value is -5.19. The smallest absolute Gasteiger partial charge is 0.408 e. The molecule has 2 aliphatic heterocycles. The summed E-state index contributed by atoms with van der Waals surface area (Å²) in [6.07, 6.45) is -1.58. The standard InChI is InChI=1S/C25H23N5O11S/c31-22-20(27-25(35)41-13-15-3-1-2-4-17(15)30(38)39)18-11-19(21(23(32)33)28(18)22)42-10-9-26-24(34)40-12-14-5-7-16(8-6-14)29(36)37/h1-8,18,20H,9-13H2,(H,26,34)(H,27,35)(H,32,33). The fourth-order valence-electron chi connectivity index (χ4n) is 4.32. The molecule has 0 radical (unpaired) electrons. The fraction of sp³-hybridized carbons (Fsp3) is 0.280.